The normalized spacial score (nSPS) is 19.9. The lowest BCUT2D eigenvalue weighted by Gasteiger charge is -2.20. The SMILES string of the molecule is N=C1/C(=C\c2ccc(SC3CCCCC3)o2)C(=O)N=C2SC(SCCOc3ccccc3)=NN12. The molecular formula is C24H24N4O3S3. The zero-order valence-electron chi connectivity index (χ0n) is 18.4. The number of aliphatic imine (C=N–C) groups is 1. The summed E-state index contributed by atoms with van der Waals surface area (Å²) in [6, 6.07) is 13.4. The van der Waals surface area contributed by atoms with Crippen LogP contribution in [0.4, 0.5) is 0 Å². The number of hydrogen-bond acceptors (Lipinski definition) is 8. The van der Waals surface area contributed by atoms with Gasteiger partial charge < -0.3 is 9.15 Å². The van der Waals surface area contributed by atoms with Crippen molar-refractivity contribution in [3.05, 3.63) is 53.8 Å². The monoisotopic (exact) mass is 512 g/mol. The third-order valence-electron chi connectivity index (χ3n) is 5.48. The average molecular weight is 513 g/mol. The number of amides is 1. The van der Waals surface area contributed by atoms with Crippen molar-refractivity contribution < 1.29 is 13.9 Å². The molecule has 3 heterocycles. The molecule has 1 N–H and O–H groups in total. The minimum absolute atomic E-state index is 0.0107. The highest BCUT2D eigenvalue weighted by atomic mass is 32.2. The van der Waals surface area contributed by atoms with Crippen LogP contribution in [-0.4, -0.2) is 43.9 Å². The first-order valence-electron chi connectivity index (χ1n) is 11.2. The van der Waals surface area contributed by atoms with Gasteiger partial charge in [-0.1, -0.05) is 61.0 Å². The Bertz CT molecular complexity index is 1150. The molecule has 1 aromatic carbocycles. The third kappa shape index (κ3) is 5.61. The molecule has 176 valence electrons. The first-order valence-corrected chi connectivity index (χ1v) is 13.9. The fourth-order valence-electron chi connectivity index (χ4n) is 3.80. The molecule has 34 heavy (non-hydrogen) atoms. The molecule has 1 amide bonds. The molecule has 5 rings (SSSR count). The van der Waals surface area contributed by atoms with Gasteiger partial charge in [0, 0.05) is 11.0 Å². The van der Waals surface area contributed by atoms with Crippen molar-refractivity contribution in [3.8, 4) is 5.75 Å². The van der Waals surface area contributed by atoms with E-state index in [-0.39, 0.29) is 11.4 Å². The van der Waals surface area contributed by atoms with Gasteiger partial charge in [0.25, 0.3) is 5.91 Å². The predicted octanol–water partition coefficient (Wildman–Crippen LogP) is 6.09. The summed E-state index contributed by atoms with van der Waals surface area (Å²) in [7, 11) is 0. The van der Waals surface area contributed by atoms with Crippen LogP contribution in [0.3, 0.4) is 0 Å². The number of carbonyl (C=O) groups is 1. The summed E-state index contributed by atoms with van der Waals surface area (Å²) in [6.45, 7) is 0.530. The average Bonchev–Trinajstić information content (AvgIpc) is 3.47. The van der Waals surface area contributed by atoms with E-state index < -0.39 is 5.91 Å². The molecule has 0 bridgehead atoms. The Morgan fingerprint density at radius 3 is 2.82 bits per heavy atom. The number of benzene rings is 1. The summed E-state index contributed by atoms with van der Waals surface area (Å²) >= 11 is 4.57. The van der Waals surface area contributed by atoms with Crippen LogP contribution >= 0.6 is 35.3 Å². The molecule has 10 heteroatoms. The van der Waals surface area contributed by atoms with Gasteiger partial charge in [-0.2, -0.15) is 10.0 Å². The zero-order chi connectivity index (χ0) is 23.3. The number of nitrogens with one attached hydrogen (secondary N) is 1. The Morgan fingerprint density at radius 1 is 1.18 bits per heavy atom. The van der Waals surface area contributed by atoms with Crippen molar-refractivity contribution in [3.63, 3.8) is 0 Å². The summed E-state index contributed by atoms with van der Waals surface area (Å²) in [4.78, 5) is 16.8. The maximum absolute atomic E-state index is 12.6. The number of furan rings is 1. The van der Waals surface area contributed by atoms with Crippen LogP contribution in [0.25, 0.3) is 6.08 Å². The van der Waals surface area contributed by atoms with Crippen LogP contribution in [-0.2, 0) is 4.79 Å². The summed E-state index contributed by atoms with van der Waals surface area (Å²) < 4.78 is 12.4. The molecule has 2 aromatic rings. The Kier molecular flexibility index (Phi) is 7.46. The standard InChI is InChI=1S/C24H24N4O3S3/c25-21-19(15-17-11-12-20(31-17)33-18-9-5-2-6-10-18)22(29)26-23-28(21)27-24(34-23)32-14-13-30-16-7-3-1-4-8-16/h1,3-4,7-8,11-12,15,18,25H,2,5-6,9-10,13-14H2/b19-15+,25-21?. The van der Waals surface area contributed by atoms with Crippen LogP contribution < -0.4 is 4.74 Å². The molecule has 0 unspecified atom stereocenters. The number of carbonyl (C=O) groups excluding carboxylic acids is 1. The molecule has 0 radical (unpaired) electrons. The topological polar surface area (TPSA) is 91.2 Å². The lowest BCUT2D eigenvalue weighted by molar-refractivity contribution is -0.114. The first-order chi connectivity index (χ1) is 16.7. The number of thioether (sulfide) groups is 3. The highest BCUT2D eigenvalue weighted by Crippen LogP contribution is 2.36. The van der Waals surface area contributed by atoms with E-state index in [4.69, 9.17) is 14.6 Å². The molecule has 7 nitrogen and oxygen atoms in total. The van der Waals surface area contributed by atoms with Gasteiger partial charge in [0.15, 0.2) is 15.3 Å². The maximum Gasteiger partial charge on any atom is 0.283 e. The van der Waals surface area contributed by atoms with Crippen molar-refractivity contribution in [2.75, 3.05) is 12.4 Å². The Morgan fingerprint density at radius 2 is 2.00 bits per heavy atom. The van der Waals surface area contributed by atoms with Crippen molar-refractivity contribution in [2.45, 2.75) is 42.4 Å². The molecule has 1 aliphatic carbocycles. The van der Waals surface area contributed by atoms with Gasteiger partial charge in [0.1, 0.15) is 11.5 Å². The molecule has 3 aliphatic rings. The smallest absolute Gasteiger partial charge is 0.283 e. The van der Waals surface area contributed by atoms with Crippen molar-refractivity contribution >= 4 is 62.6 Å². The molecule has 0 spiro atoms. The molecule has 2 aliphatic heterocycles. The Labute approximate surface area is 211 Å². The maximum atomic E-state index is 12.6. The molecule has 1 aromatic heterocycles. The Hall–Kier alpha value is -2.43. The lowest BCUT2D eigenvalue weighted by Crippen LogP contribution is -2.35. The second kappa shape index (κ2) is 10.9. The zero-order valence-corrected chi connectivity index (χ0v) is 20.9. The lowest BCUT2D eigenvalue weighted by atomic mass is 10.0. The van der Waals surface area contributed by atoms with E-state index in [1.165, 1.54) is 60.6 Å². The number of ether oxygens (including phenoxy) is 1. The van der Waals surface area contributed by atoms with E-state index in [0.717, 1.165) is 15.2 Å². The molecule has 0 saturated heterocycles. The number of hydrazone groups is 1. The highest BCUT2D eigenvalue weighted by Gasteiger charge is 2.36. The fourth-order valence-corrected chi connectivity index (χ4v) is 6.81. The van der Waals surface area contributed by atoms with Crippen LogP contribution in [0.15, 0.2) is 67.6 Å². The summed E-state index contributed by atoms with van der Waals surface area (Å²) in [5.74, 6) is 1.63. The van der Waals surface area contributed by atoms with Gasteiger partial charge in [-0.15, -0.1) is 5.10 Å². The van der Waals surface area contributed by atoms with E-state index in [1.54, 1.807) is 17.8 Å². The Balaban J connectivity index is 1.19. The number of amidine groups is 2. The quantitative estimate of drug-likeness (QED) is 0.354. The highest BCUT2D eigenvalue weighted by molar-refractivity contribution is 8.45. The third-order valence-corrected chi connectivity index (χ3v) is 8.74. The first kappa shape index (κ1) is 23.3. The minimum atomic E-state index is -0.449. The number of hydrogen-bond donors (Lipinski definition) is 1. The summed E-state index contributed by atoms with van der Waals surface area (Å²) in [6.07, 6.45) is 7.89. The van der Waals surface area contributed by atoms with E-state index in [0.29, 0.717) is 28.5 Å². The van der Waals surface area contributed by atoms with E-state index in [9.17, 15) is 4.79 Å². The van der Waals surface area contributed by atoms with Crippen LogP contribution in [0, 0.1) is 5.41 Å². The second-order valence-electron chi connectivity index (χ2n) is 7.93. The van der Waals surface area contributed by atoms with Gasteiger partial charge in [-0.25, -0.2) is 0 Å². The van der Waals surface area contributed by atoms with Gasteiger partial charge in [-0.05, 0) is 54.9 Å². The number of fused-ring (bicyclic) bond motifs is 1. The van der Waals surface area contributed by atoms with Gasteiger partial charge >= 0.3 is 0 Å². The van der Waals surface area contributed by atoms with Crippen molar-refractivity contribution in [2.24, 2.45) is 10.1 Å². The molecular weight excluding hydrogens is 488 g/mol. The predicted molar refractivity (Wildman–Crippen MR) is 141 cm³/mol. The minimum Gasteiger partial charge on any atom is -0.493 e. The van der Waals surface area contributed by atoms with E-state index >= 15 is 0 Å². The van der Waals surface area contributed by atoms with E-state index in [2.05, 4.69) is 10.1 Å². The second-order valence-corrected chi connectivity index (χ2v) is 11.5. The molecule has 0 atom stereocenters. The fraction of sp³-hybridized carbons (Fsp3) is 0.333. The van der Waals surface area contributed by atoms with Gasteiger partial charge in [-0.3, -0.25) is 10.2 Å². The largest absolute Gasteiger partial charge is 0.493 e. The molecule has 1 saturated carbocycles. The van der Waals surface area contributed by atoms with Crippen molar-refractivity contribution in [1.29, 1.82) is 5.41 Å². The van der Waals surface area contributed by atoms with Crippen LogP contribution in [0.1, 0.15) is 37.9 Å². The summed E-state index contributed by atoms with van der Waals surface area (Å²) in [5, 5.41) is 16.3. The number of nitrogens with zero attached hydrogens (tertiary/aromatic N) is 3. The summed E-state index contributed by atoms with van der Waals surface area (Å²) in [5.41, 5.74) is 0.176. The van der Waals surface area contributed by atoms with Crippen LogP contribution in [0.5, 0.6) is 5.75 Å². The number of rotatable bonds is 7. The van der Waals surface area contributed by atoms with Crippen molar-refractivity contribution in [1.82, 2.24) is 5.01 Å². The van der Waals surface area contributed by atoms with Gasteiger partial charge in [0.2, 0.25) is 5.17 Å². The van der Waals surface area contributed by atoms with Crippen LogP contribution in [0.2, 0.25) is 0 Å². The molecule has 1 fully saturated rings. The number of para-hydroxylation sites is 1. The van der Waals surface area contributed by atoms with E-state index in [1.807, 2.05) is 42.5 Å². The van der Waals surface area contributed by atoms with Gasteiger partial charge in [0.05, 0.1) is 12.2 Å².